The lowest BCUT2D eigenvalue weighted by Crippen LogP contribution is -2.13. The number of carbonyl (C=O) groups is 1. The molecule has 0 atom stereocenters. The Balaban J connectivity index is 2.22. The van der Waals surface area contributed by atoms with Crippen molar-refractivity contribution >= 4 is 23.2 Å². The third-order valence-electron chi connectivity index (χ3n) is 3.19. The van der Waals surface area contributed by atoms with Crippen molar-refractivity contribution in [3.05, 3.63) is 64.2 Å². The van der Waals surface area contributed by atoms with Crippen molar-refractivity contribution in [3.8, 4) is 6.07 Å². The highest BCUT2D eigenvalue weighted by Gasteiger charge is 2.10. The first-order chi connectivity index (χ1) is 10.0. The van der Waals surface area contributed by atoms with Crippen LogP contribution in [0.15, 0.2) is 42.5 Å². The Morgan fingerprint density at radius 1 is 1.19 bits per heavy atom. The quantitative estimate of drug-likeness (QED) is 0.901. The van der Waals surface area contributed by atoms with Gasteiger partial charge in [0.05, 0.1) is 11.3 Å². The summed E-state index contributed by atoms with van der Waals surface area (Å²) >= 11 is 5.90. The van der Waals surface area contributed by atoms with Gasteiger partial charge in [0, 0.05) is 10.6 Å². The van der Waals surface area contributed by atoms with Crippen LogP contribution in [0, 0.1) is 11.3 Å². The molecule has 21 heavy (non-hydrogen) atoms. The Hall–Kier alpha value is -2.31. The Morgan fingerprint density at radius 2 is 1.86 bits per heavy atom. The Labute approximate surface area is 129 Å². The first-order valence-electron chi connectivity index (χ1n) is 6.62. The zero-order valence-corrected chi connectivity index (χ0v) is 12.6. The standard InChI is InChI=1S/C17H15ClN2O/c1-11(2)12-3-5-13(6-4-12)17(21)20-16-9-15(18)8-7-14(16)10-19/h3-9,11H,1-2H3,(H,20,21). The molecule has 0 saturated carbocycles. The van der Waals surface area contributed by atoms with E-state index >= 15 is 0 Å². The largest absolute Gasteiger partial charge is 0.321 e. The normalized spacial score (nSPS) is 10.2. The zero-order chi connectivity index (χ0) is 15.4. The molecular formula is C17H15ClN2O. The van der Waals surface area contributed by atoms with E-state index in [-0.39, 0.29) is 5.91 Å². The first kappa shape index (κ1) is 15.1. The molecular weight excluding hydrogens is 284 g/mol. The number of halogens is 1. The lowest BCUT2D eigenvalue weighted by Gasteiger charge is -2.09. The summed E-state index contributed by atoms with van der Waals surface area (Å²) in [6.45, 7) is 4.19. The molecule has 0 radical (unpaired) electrons. The van der Waals surface area contributed by atoms with Crippen LogP contribution in [0.2, 0.25) is 5.02 Å². The molecule has 4 heteroatoms. The summed E-state index contributed by atoms with van der Waals surface area (Å²) in [5.41, 5.74) is 2.52. The molecule has 106 valence electrons. The molecule has 0 unspecified atom stereocenters. The SMILES string of the molecule is CC(C)c1ccc(C(=O)Nc2cc(Cl)ccc2C#N)cc1. The van der Waals surface area contributed by atoms with Gasteiger partial charge in [-0.1, -0.05) is 37.6 Å². The molecule has 2 rings (SSSR count). The van der Waals surface area contributed by atoms with Crippen LogP contribution in [0.5, 0.6) is 0 Å². The number of rotatable bonds is 3. The molecule has 0 bridgehead atoms. The van der Waals surface area contributed by atoms with Gasteiger partial charge in [0.25, 0.3) is 5.91 Å². The van der Waals surface area contributed by atoms with Gasteiger partial charge >= 0.3 is 0 Å². The van der Waals surface area contributed by atoms with Gasteiger partial charge in [-0.2, -0.15) is 5.26 Å². The maximum absolute atomic E-state index is 12.2. The molecule has 1 amide bonds. The van der Waals surface area contributed by atoms with Gasteiger partial charge in [0.2, 0.25) is 0 Å². The zero-order valence-electron chi connectivity index (χ0n) is 11.9. The number of carbonyl (C=O) groups excluding carboxylic acids is 1. The van der Waals surface area contributed by atoms with Crippen LogP contribution in [0.1, 0.15) is 41.3 Å². The summed E-state index contributed by atoms with van der Waals surface area (Å²) in [6, 6.07) is 14.2. The second-order valence-electron chi connectivity index (χ2n) is 5.03. The minimum absolute atomic E-state index is 0.260. The van der Waals surface area contributed by atoms with E-state index in [4.69, 9.17) is 16.9 Å². The molecule has 0 aliphatic heterocycles. The van der Waals surface area contributed by atoms with Crippen molar-refractivity contribution in [2.24, 2.45) is 0 Å². The van der Waals surface area contributed by atoms with E-state index in [1.807, 2.05) is 18.2 Å². The van der Waals surface area contributed by atoms with Crippen LogP contribution in [0.3, 0.4) is 0 Å². The number of amides is 1. The van der Waals surface area contributed by atoms with E-state index in [2.05, 4.69) is 19.2 Å². The lowest BCUT2D eigenvalue weighted by molar-refractivity contribution is 0.102. The molecule has 0 aliphatic carbocycles. The van der Waals surface area contributed by atoms with E-state index in [1.54, 1.807) is 30.3 Å². The second-order valence-corrected chi connectivity index (χ2v) is 5.47. The molecule has 0 fully saturated rings. The Morgan fingerprint density at radius 3 is 2.43 bits per heavy atom. The number of nitriles is 1. The van der Waals surface area contributed by atoms with Crippen LogP contribution in [-0.2, 0) is 0 Å². The Kier molecular flexibility index (Phi) is 4.62. The van der Waals surface area contributed by atoms with Crippen molar-refractivity contribution in [1.82, 2.24) is 0 Å². The average Bonchev–Trinajstić information content (AvgIpc) is 2.47. The van der Waals surface area contributed by atoms with Crippen LogP contribution in [0.4, 0.5) is 5.69 Å². The number of benzene rings is 2. The summed E-state index contributed by atoms with van der Waals surface area (Å²) in [5.74, 6) is 0.157. The van der Waals surface area contributed by atoms with E-state index in [9.17, 15) is 4.79 Å². The summed E-state index contributed by atoms with van der Waals surface area (Å²) in [5, 5.41) is 12.2. The van der Waals surface area contributed by atoms with Crippen LogP contribution in [0.25, 0.3) is 0 Å². The smallest absolute Gasteiger partial charge is 0.255 e. The molecule has 0 spiro atoms. The summed E-state index contributed by atoms with van der Waals surface area (Å²) in [7, 11) is 0. The van der Waals surface area contributed by atoms with E-state index < -0.39 is 0 Å². The number of hydrogen-bond donors (Lipinski definition) is 1. The predicted octanol–water partition coefficient (Wildman–Crippen LogP) is 4.59. The van der Waals surface area contributed by atoms with Gasteiger partial charge in [-0.3, -0.25) is 4.79 Å². The van der Waals surface area contributed by atoms with Crippen molar-refractivity contribution < 1.29 is 4.79 Å². The van der Waals surface area contributed by atoms with E-state index in [0.717, 1.165) is 0 Å². The van der Waals surface area contributed by atoms with Crippen LogP contribution < -0.4 is 5.32 Å². The molecule has 0 aliphatic rings. The van der Waals surface area contributed by atoms with Gasteiger partial charge in [-0.15, -0.1) is 0 Å². The van der Waals surface area contributed by atoms with Crippen LogP contribution in [-0.4, -0.2) is 5.91 Å². The number of nitrogens with zero attached hydrogens (tertiary/aromatic N) is 1. The predicted molar refractivity (Wildman–Crippen MR) is 84.7 cm³/mol. The number of nitrogens with one attached hydrogen (secondary N) is 1. The van der Waals surface area contributed by atoms with Gasteiger partial charge in [0.1, 0.15) is 6.07 Å². The van der Waals surface area contributed by atoms with Crippen LogP contribution >= 0.6 is 11.6 Å². The van der Waals surface area contributed by atoms with Gasteiger partial charge in [-0.05, 0) is 41.8 Å². The highest BCUT2D eigenvalue weighted by atomic mass is 35.5. The van der Waals surface area contributed by atoms with Crippen molar-refractivity contribution in [1.29, 1.82) is 5.26 Å². The van der Waals surface area contributed by atoms with Crippen molar-refractivity contribution in [2.75, 3.05) is 5.32 Å². The van der Waals surface area contributed by atoms with Gasteiger partial charge in [0.15, 0.2) is 0 Å². The van der Waals surface area contributed by atoms with E-state index in [1.165, 1.54) is 5.56 Å². The molecule has 0 aromatic heterocycles. The fourth-order valence-electron chi connectivity index (χ4n) is 1.93. The van der Waals surface area contributed by atoms with Crippen molar-refractivity contribution in [3.63, 3.8) is 0 Å². The summed E-state index contributed by atoms with van der Waals surface area (Å²) in [6.07, 6.45) is 0. The first-order valence-corrected chi connectivity index (χ1v) is 7.00. The summed E-state index contributed by atoms with van der Waals surface area (Å²) in [4.78, 5) is 12.2. The lowest BCUT2D eigenvalue weighted by atomic mass is 10.0. The number of anilines is 1. The third kappa shape index (κ3) is 3.62. The highest BCUT2D eigenvalue weighted by molar-refractivity contribution is 6.31. The minimum atomic E-state index is -0.260. The van der Waals surface area contributed by atoms with Crippen molar-refractivity contribution in [2.45, 2.75) is 19.8 Å². The molecule has 2 aromatic rings. The minimum Gasteiger partial charge on any atom is -0.321 e. The average molecular weight is 299 g/mol. The number of hydrogen-bond acceptors (Lipinski definition) is 2. The van der Waals surface area contributed by atoms with Gasteiger partial charge < -0.3 is 5.32 Å². The third-order valence-corrected chi connectivity index (χ3v) is 3.42. The summed E-state index contributed by atoms with van der Waals surface area (Å²) < 4.78 is 0. The Bertz CT molecular complexity index is 700. The fraction of sp³-hybridized carbons (Fsp3) is 0.176. The maximum atomic E-state index is 12.2. The van der Waals surface area contributed by atoms with E-state index in [0.29, 0.717) is 27.8 Å². The highest BCUT2D eigenvalue weighted by Crippen LogP contribution is 2.21. The molecule has 1 N–H and O–H groups in total. The molecule has 3 nitrogen and oxygen atoms in total. The fourth-order valence-corrected chi connectivity index (χ4v) is 2.10. The molecule has 0 saturated heterocycles. The second kappa shape index (κ2) is 6.43. The topological polar surface area (TPSA) is 52.9 Å². The molecule has 0 heterocycles. The molecule has 2 aromatic carbocycles. The van der Waals surface area contributed by atoms with Gasteiger partial charge in [-0.25, -0.2) is 0 Å². The maximum Gasteiger partial charge on any atom is 0.255 e. The monoisotopic (exact) mass is 298 g/mol.